The Kier molecular flexibility index (Phi) is 7.23. The number of carbonyl (C=O) groups excluding carboxylic acids is 1. The minimum absolute atomic E-state index is 0.127. The first-order chi connectivity index (χ1) is 14.9. The van der Waals surface area contributed by atoms with Crippen LogP contribution in [0.5, 0.6) is 5.75 Å². The van der Waals surface area contributed by atoms with Crippen LogP contribution < -0.4 is 4.74 Å². The molecule has 0 amide bonds. The molecule has 0 radical (unpaired) electrons. The van der Waals surface area contributed by atoms with E-state index in [1.165, 1.54) is 35.2 Å². The zero-order valence-corrected chi connectivity index (χ0v) is 18.3. The van der Waals surface area contributed by atoms with Gasteiger partial charge in [-0.1, -0.05) is 17.8 Å². The Morgan fingerprint density at radius 1 is 1.29 bits per heavy atom. The van der Waals surface area contributed by atoms with Gasteiger partial charge in [0.05, 0.1) is 33.2 Å². The SMILES string of the molecule is CCOC(=O)/C(C#N)=C/c1ccc(Sc2nc3ccc(OCC)cc3s2)c([N+](=O)[O-])c1. The minimum atomic E-state index is -0.771. The summed E-state index contributed by atoms with van der Waals surface area (Å²) in [5.74, 6) is -0.0285. The maximum absolute atomic E-state index is 11.8. The van der Waals surface area contributed by atoms with E-state index in [0.717, 1.165) is 16.0 Å². The molecule has 0 saturated carbocycles. The summed E-state index contributed by atoms with van der Waals surface area (Å²) in [5.41, 5.74) is 0.763. The van der Waals surface area contributed by atoms with Crippen molar-refractivity contribution in [2.45, 2.75) is 23.1 Å². The summed E-state index contributed by atoms with van der Waals surface area (Å²) < 4.78 is 11.9. The predicted molar refractivity (Wildman–Crippen MR) is 118 cm³/mol. The second kappa shape index (κ2) is 10.1. The van der Waals surface area contributed by atoms with E-state index >= 15 is 0 Å². The number of rotatable bonds is 8. The van der Waals surface area contributed by atoms with Crippen molar-refractivity contribution >= 4 is 51.0 Å². The molecule has 0 spiro atoms. The van der Waals surface area contributed by atoms with Crippen molar-refractivity contribution in [3.05, 3.63) is 57.6 Å². The van der Waals surface area contributed by atoms with Gasteiger partial charge in [0.25, 0.3) is 5.69 Å². The fourth-order valence-corrected chi connectivity index (χ4v) is 4.78. The van der Waals surface area contributed by atoms with Crippen LogP contribution in [-0.2, 0) is 9.53 Å². The van der Waals surface area contributed by atoms with Gasteiger partial charge in [-0.3, -0.25) is 10.1 Å². The molecule has 0 fully saturated rings. The quantitative estimate of drug-likeness (QED) is 0.149. The molecule has 3 rings (SSSR count). The maximum atomic E-state index is 11.8. The zero-order valence-electron chi connectivity index (χ0n) is 16.7. The lowest BCUT2D eigenvalue weighted by molar-refractivity contribution is -0.387. The van der Waals surface area contributed by atoms with Gasteiger partial charge in [0.15, 0.2) is 4.34 Å². The molecule has 0 bridgehead atoms. The number of nitro groups is 1. The van der Waals surface area contributed by atoms with E-state index in [-0.39, 0.29) is 17.9 Å². The Bertz CT molecular complexity index is 1210. The number of fused-ring (bicyclic) bond motifs is 1. The molecule has 10 heteroatoms. The maximum Gasteiger partial charge on any atom is 0.348 e. The van der Waals surface area contributed by atoms with E-state index in [4.69, 9.17) is 14.7 Å². The van der Waals surface area contributed by atoms with Gasteiger partial charge in [-0.2, -0.15) is 5.26 Å². The van der Waals surface area contributed by atoms with E-state index in [2.05, 4.69) is 4.98 Å². The standard InChI is InChI=1S/C21H17N3O5S2/c1-3-28-15-6-7-16-19(11-15)31-21(23-16)30-18-8-5-13(10-17(18)24(26)27)9-14(12-22)20(25)29-4-2/h5-11H,3-4H2,1-2H3/b14-9+. The molecule has 0 N–H and O–H groups in total. The van der Waals surface area contributed by atoms with Gasteiger partial charge in [0.1, 0.15) is 17.4 Å². The van der Waals surface area contributed by atoms with Crippen molar-refractivity contribution in [1.82, 2.24) is 4.98 Å². The Morgan fingerprint density at radius 2 is 2.10 bits per heavy atom. The number of hydrogen-bond donors (Lipinski definition) is 0. The van der Waals surface area contributed by atoms with Gasteiger partial charge in [-0.25, -0.2) is 9.78 Å². The lowest BCUT2D eigenvalue weighted by Gasteiger charge is -2.03. The van der Waals surface area contributed by atoms with Crippen molar-refractivity contribution in [2.75, 3.05) is 13.2 Å². The van der Waals surface area contributed by atoms with Crippen molar-refractivity contribution in [3.8, 4) is 11.8 Å². The number of hydrogen-bond acceptors (Lipinski definition) is 9. The summed E-state index contributed by atoms with van der Waals surface area (Å²) in [5, 5.41) is 20.8. The number of nitriles is 1. The fraction of sp³-hybridized carbons (Fsp3) is 0.190. The highest BCUT2D eigenvalue weighted by Crippen LogP contribution is 2.40. The van der Waals surface area contributed by atoms with Crippen LogP contribution in [0.2, 0.25) is 0 Å². The first kappa shape index (κ1) is 22.3. The molecule has 0 aliphatic heterocycles. The monoisotopic (exact) mass is 455 g/mol. The van der Waals surface area contributed by atoms with Crippen molar-refractivity contribution in [1.29, 1.82) is 5.26 Å². The van der Waals surface area contributed by atoms with Crippen LogP contribution in [0.4, 0.5) is 5.69 Å². The molecule has 2 aromatic carbocycles. The second-order valence-corrected chi connectivity index (χ2v) is 8.34. The van der Waals surface area contributed by atoms with Crippen molar-refractivity contribution in [2.24, 2.45) is 0 Å². The summed E-state index contributed by atoms with van der Waals surface area (Å²) in [7, 11) is 0. The summed E-state index contributed by atoms with van der Waals surface area (Å²) in [6.07, 6.45) is 1.27. The Labute approximate surface area is 186 Å². The topological polar surface area (TPSA) is 115 Å². The van der Waals surface area contributed by atoms with Crippen LogP contribution in [-0.4, -0.2) is 29.1 Å². The van der Waals surface area contributed by atoms with E-state index in [0.29, 0.717) is 21.4 Å². The smallest absolute Gasteiger partial charge is 0.348 e. The number of carbonyl (C=O) groups is 1. The molecule has 0 unspecified atom stereocenters. The van der Waals surface area contributed by atoms with Crippen LogP contribution >= 0.6 is 23.1 Å². The molecule has 0 aliphatic rings. The van der Waals surface area contributed by atoms with Gasteiger partial charge in [-0.05, 0) is 49.8 Å². The number of nitrogens with zero attached hydrogens (tertiary/aromatic N) is 3. The highest BCUT2D eigenvalue weighted by molar-refractivity contribution is 8.01. The van der Waals surface area contributed by atoms with E-state index in [1.807, 2.05) is 25.1 Å². The third kappa shape index (κ3) is 5.39. The second-order valence-electron chi connectivity index (χ2n) is 6.02. The molecule has 0 saturated heterocycles. The largest absolute Gasteiger partial charge is 0.494 e. The van der Waals surface area contributed by atoms with Crippen LogP contribution in [0.1, 0.15) is 19.4 Å². The lowest BCUT2D eigenvalue weighted by atomic mass is 10.1. The summed E-state index contributed by atoms with van der Waals surface area (Å²) in [4.78, 5) is 27.8. The molecule has 3 aromatic rings. The van der Waals surface area contributed by atoms with E-state index in [1.54, 1.807) is 25.1 Å². The molecule has 31 heavy (non-hydrogen) atoms. The molecule has 1 aromatic heterocycles. The van der Waals surface area contributed by atoms with E-state index < -0.39 is 10.9 Å². The first-order valence-corrected chi connectivity index (χ1v) is 10.9. The average molecular weight is 456 g/mol. The van der Waals surface area contributed by atoms with Crippen LogP contribution in [0.25, 0.3) is 16.3 Å². The fourth-order valence-electron chi connectivity index (χ4n) is 2.64. The van der Waals surface area contributed by atoms with Gasteiger partial charge < -0.3 is 9.47 Å². The zero-order chi connectivity index (χ0) is 22.4. The summed E-state index contributed by atoms with van der Waals surface area (Å²) in [6, 6.07) is 11.8. The number of nitro benzene ring substituents is 1. The summed E-state index contributed by atoms with van der Waals surface area (Å²) in [6.45, 7) is 4.22. The number of thiazole rings is 1. The van der Waals surface area contributed by atoms with Crippen LogP contribution in [0.15, 0.2) is 51.2 Å². The van der Waals surface area contributed by atoms with E-state index in [9.17, 15) is 14.9 Å². The number of aromatic nitrogens is 1. The van der Waals surface area contributed by atoms with Gasteiger partial charge in [-0.15, -0.1) is 11.3 Å². The normalized spacial score (nSPS) is 11.2. The number of benzene rings is 2. The highest BCUT2D eigenvalue weighted by Gasteiger charge is 2.18. The Hall–Kier alpha value is -3.42. The van der Waals surface area contributed by atoms with Gasteiger partial charge in [0.2, 0.25) is 0 Å². The third-order valence-corrected chi connectivity index (χ3v) is 6.10. The van der Waals surface area contributed by atoms with Crippen molar-refractivity contribution < 1.29 is 19.2 Å². The predicted octanol–water partition coefficient (Wildman–Crippen LogP) is 5.22. The average Bonchev–Trinajstić information content (AvgIpc) is 3.14. The Balaban J connectivity index is 1.91. The number of esters is 1. The number of ether oxygens (including phenoxy) is 2. The lowest BCUT2D eigenvalue weighted by Crippen LogP contribution is -2.06. The first-order valence-electron chi connectivity index (χ1n) is 9.23. The van der Waals surface area contributed by atoms with Crippen molar-refractivity contribution in [3.63, 3.8) is 0 Å². The Morgan fingerprint density at radius 3 is 2.77 bits per heavy atom. The molecule has 158 valence electrons. The molecule has 0 atom stereocenters. The highest BCUT2D eigenvalue weighted by atomic mass is 32.2. The molecular formula is C21H17N3O5S2. The van der Waals surface area contributed by atoms with Gasteiger partial charge >= 0.3 is 5.97 Å². The molecule has 1 heterocycles. The third-order valence-electron chi connectivity index (χ3n) is 3.96. The molecule has 0 aliphatic carbocycles. The van der Waals surface area contributed by atoms with Crippen LogP contribution in [0, 0.1) is 21.4 Å². The van der Waals surface area contributed by atoms with Gasteiger partial charge in [0, 0.05) is 6.07 Å². The summed E-state index contributed by atoms with van der Waals surface area (Å²) >= 11 is 2.60. The minimum Gasteiger partial charge on any atom is -0.494 e. The van der Waals surface area contributed by atoms with Crippen LogP contribution in [0.3, 0.4) is 0 Å². The molecule has 8 nitrogen and oxygen atoms in total. The molecular weight excluding hydrogens is 438 g/mol.